The van der Waals surface area contributed by atoms with Crippen molar-refractivity contribution >= 4 is 65.0 Å². The van der Waals surface area contributed by atoms with Crippen LogP contribution in [0.4, 0.5) is 0 Å². The van der Waals surface area contributed by atoms with Crippen LogP contribution in [0.25, 0.3) is 0 Å². The van der Waals surface area contributed by atoms with Gasteiger partial charge in [-0.1, -0.05) is 12.5 Å². The van der Waals surface area contributed by atoms with E-state index in [0.717, 1.165) is 0 Å². The number of amides is 10. The van der Waals surface area contributed by atoms with Gasteiger partial charge in [0.1, 0.15) is 48.0 Å². The summed E-state index contributed by atoms with van der Waals surface area (Å²) in [4.78, 5) is 148. The van der Waals surface area contributed by atoms with Crippen LogP contribution in [0.15, 0.2) is 29.3 Å². The molecular weight excluding hydrogens is 1060 g/mol. The number of nitrogens with two attached hydrogens (primary N) is 8. The first kappa shape index (κ1) is 69.7. The zero-order valence-corrected chi connectivity index (χ0v) is 46.3. The Bertz CT molecular complexity index is 2230. The van der Waals surface area contributed by atoms with Gasteiger partial charge in [0.05, 0.1) is 18.9 Å². The first-order chi connectivity index (χ1) is 38.7. The second kappa shape index (κ2) is 39.1. The lowest BCUT2D eigenvalue weighted by Crippen LogP contribution is -2.59. The summed E-state index contributed by atoms with van der Waals surface area (Å²) >= 11 is 0. The number of carbonyl (C=O) groups excluding carboxylic acids is 10. The van der Waals surface area contributed by atoms with E-state index in [1.54, 1.807) is 0 Å². The highest BCUT2D eigenvalue weighted by Gasteiger charge is 2.40. The summed E-state index contributed by atoms with van der Waals surface area (Å²) in [5.74, 6) is -7.93. The average molecular weight is 1150 g/mol. The fourth-order valence-electron chi connectivity index (χ4n) is 8.41. The number of hydroxylamine groups is 1. The van der Waals surface area contributed by atoms with Crippen LogP contribution in [0, 0.1) is 0 Å². The third-order valence-electron chi connectivity index (χ3n) is 12.9. The zero-order chi connectivity index (χ0) is 60.3. The third-order valence-corrected chi connectivity index (χ3v) is 12.9. The van der Waals surface area contributed by atoms with Gasteiger partial charge in [0.25, 0.3) is 11.8 Å². The SMILES string of the molecule is C[C@H](NC(=O)[C@H](CCN)NC(=O)[C@@H](N)CCCCN)C(=O)NCC(=O)N[C@H](CCCN)C(=O)N1CCC[C@H]1C(=O)N[C@@H](Cc1cnc[nH]1)C(=O)N[C@@H](CCCCN)C(=O)N/C(=C\CCN=C(N)N)C(=O)N[C@@H](CCCCN)C(=O)NO. The van der Waals surface area contributed by atoms with Crippen molar-refractivity contribution in [3.8, 4) is 0 Å². The monoisotopic (exact) mass is 1150 g/mol. The van der Waals surface area contributed by atoms with Crippen molar-refractivity contribution in [3.05, 3.63) is 30.0 Å². The Morgan fingerprint density at radius 1 is 0.691 bits per heavy atom. The topological polar surface area (TPSA) is 552 Å². The van der Waals surface area contributed by atoms with E-state index in [1.165, 1.54) is 35.9 Å². The highest BCUT2D eigenvalue weighted by molar-refractivity contribution is 6.02. The molecule has 0 radical (unpaired) electrons. The molecule has 2 rings (SSSR count). The largest absolute Gasteiger partial charge is 0.370 e. The van der Waals surface area contributed by atoms with Crippen LogP contribution < -0.4 is 93.9 Å². The van der Waals surface area contributed by atoms with Gasteiger partial charge in [-0.15, -0.1) is 0 Å². The van der Waals surface area contributed by atoms with Crippen LogP contribution in [0.1, 0.15) is 109 Å². The number of H-pyrrole nitrogens is 1. The van der Waals surface area contributed by atoms with Gasteiger partial charge in [-0.3, -0.25) is 58.1 Å². The van der Waals surface area contributed by atoms with Crippen molar-refractivity contribution in [2.24, 2.45) is 50.9 Å². The minimum atomic E-state index is -1.38. The number of unbranched alkanes of at least 4 members (excludes halogenated alkanes) is 3. The highest BCUT2D eigenvalue weighted by Crippen LogP contribution is 2.21. The number of carbonyl (C=O) groups is 10. The quantitative estimate of drug-likeness (QED) is 0.00725. The first-order valence-corrected chi connectivity index (χ1v) is 27.4. The number of guanidine groups is 1. The van der Waals surface area contributed by atoms with Crippen LogP contribution in [-0.4, -0.2) is 186 Å². The maximum absolute atomic E-state index is 14.4. The smallest absolute Gasteiger partial charge is 0.268 e. The number of aromatic amines is 1. The van der Waals surface area contributed by atoms with Crippen molar-refractivity contribution in [1.82, 2.24) is 62.9 Å². The van der Waals surface area contributed by atoms with Gasteiger partial charge in [0.2, 0.25) is 47.3 Å². The van der Waals surface area contributed by atoms with Crippen molar-refractivity contribution in [2.45, 2.75) is 158 Å². The molecule has 0 saturated carbocycles. The molecule has 27 N–H and O–H groups in total. The Balaban J connectivity index is 2.29. The molecule has 0 aromatic carbocycles. The van der Waals surface area contributed by atoms with Gasteiger partial charge >= 0.3 is 0 Å². The van der Waals surface area contributed by atoms with E-state index in [1.807, 2.05) is 0 Å². The van der Waals surface area contributed by atoms with E-state index < -0.39 is 114 Å². The van der Waals surface area contributed by atoms with Crippen LogP contribution in [-0.2, 0) is 54.4 Å². The zero-order valence-electron chi connectivity index (χ0n) is 46.3. The number of aromatic nitrogens is 2. The standard InChI is InChI=1S/C49H89N21O11/c1-29(62-42(74)35(17-22-54)64-41(73)31(55)11-2-5-18-50)40(72)60-27-39(71)63-36(14-8-21-53)48(80)70-24-10-16-38(70)47(79)68-37(25-30-26-58-28-61-30)45(77)66-32(12-3-6-19-51)43(75)65-33(15-9-23-59-49(56)57)44(76)67-34(46(78)69-81)13-4-7-20-52/h15,26,28-29,31-32,34-38,81H,2-14,16-25,27,50-55H2,1H3,(H,58,61)(H,60,72)(H,62,74)(H,63,71)(H,64,73)(H,65,75)(H,66,77)(H,67,76)(H,68,79)(H,69,78)(H4,56,57,59)/b33-15-/t29-,31-,32-,34-,35-,36+,37-,38-/m0/s1. The minimum Gasteiger partial charge on any atom is -0.370 e. The number of rotatable bonds is 40. The lowest BCUT2D eigenvalue weighted by molar-refractivity contribution is -0.142. The first-order valence-electron chi connectivity index (χ1n) is 27.4. The van der Waals surface area contributed by atoms with E-state index >= 15 is 0 Å². The Labute approximate surface area is 471 Å². The van der Waals surface area contributed by atoms with Crippen LogP contribution >= 0.6 is 0 Å². The average Bonchev–Trinajstić information content (AvgIpc) is 4.19. The number of imidazole rings is 1. The summed E-state index contributed by atoms with van der Waals surface area (Å²) < 4.78 is 0. The molecule has 1 saturated heterocycles. The van der Waals surface area contributed by atoms with E-state index in [4.69, 9.17) is 45.9 Å². The number of nitrogens with zero attached hydrogens (tertiary/aromatic N) is 3. The van der Waals surface area contributed by atoms with Crippen LogP contribution in [0.5, 0.6) is 0 Å². The normalized spacial score (nSPS) is 15.7. The molecule has 1 fully saturated rings. The van der Waals surface area contributed by atoms with E-state index in [2.05, 4.69) is 57.5 Å². The maximum atomic E-state index is 14.4. The molecule has 8 atom stereocenters. The molecule has 1 aromatic rings. The number of hydrogen-bond acceptors (Lipinski definition) is 19. The Morgan fingerprint density at radius 3 is 1.88 bits per heavy atom. The summed E-state index contributed by atoms with van der Waals surface area (Å²) in [6.07, 6.45) is 8.30. The summed E-state index contributed by atoms with van der Waals surface area (Å²) in [7, 11) is 0. The third kappa shape index (κ3) is 26.2. The molecule has 0 unspecified atom stereocenters. The number of aliphatic imine (C=N–C) groups is 1. The Morgan fingerprint density at radius 2 is 1.28 bits per heavy atom. The van der Waals surface area contributed by atoms with Gasteiger partial charge in [0.15, 0.2) is 5.96 Å². The summed E-state index contributed by atoms with van der Waals surface area (Å²) in [6, 6.07) is -9.45. The van der Waals surface area contributed by atoms with Crippen molar-refractivity contribution < 1.29 is 53.2 Å². The lowest BCUT2D eigenvalue weighted by atomic mass is 10.0. The summed E-state index contributed by atoms with van der Waals surface area (Å²) in [5, 5.41) is 29.9. The van der Waals surface area contributed by atoms with Gasteiger partial charge in [-0.05, 0) is 130 Å². The Kier molecular flexibility index (Phi) is 33.7. The molecule has 456 valence electrons. The summed E-state index contributed by atoms with van der Waals surface area (Å²) in [5.41, 5.74) is 46.8. The second-order valence-electron chi connectivity index (χ2n) is 19.4. The molecule has 81 heavy (non-hydrogen) atoms. The molecule has 0 bridgehead atoms. The number of likely N-dealkylation sites (tertiary alicyclic amines) is 1. The predicted octanol–water partition coefficient (Wildman–Crippen LogP) is -7.04. The summed E-state index contributed by atoms with van der Waals surface area (Å²) in [6.45, 7) is 2.02. The molecule has 1 aromatic heterocycles. The second-order valence-corrected chi connectivity index (χ2v) is 19.4. The van der Waals surface area contributed by atoms with Crippen molar-refractivity contribution in [3.63, 3.8) is 0 Å². The molecule has 32 nitrogen and oxygen atoms in total. The molecule has 32 heteroatoms. The molecule has 2 heterocycles. The van der Waals surface area contributed by atoms with E-state index in [0.29, 0.717) is 70.2 Å². The maximum Gasteiger partial charge on any atom is 0.268 e. The molecule has 0 aliphatic carbocycles. The van der Waals surface area contributed by atoms with E-state index in [9.17, 15) is 53.2 Å². The molecule has 1 aliphatic heterocycles. The predicted molar refractivity (Wildman–Crippen MR) is 297 cm³/mol. The van der Waals surface area contributed by atoms with Gasteiger partial charge < -0.3 is 98.3 Å². The number of nitrogens with one attached hydrogen (secondary N) is 10. The van der Waals surface area contributed by atoms with Crippen molar-refractivity contribution in [2.75, 3.05) is 52.4 Å². The minimum absolute atomic E-state index is 0.00380. The van der Waals surface area contributed by atoms with Crippen molar-refractivity contribution in [1.29, 1.82) is 0 Å². The molecule has 0 spiro atoms. The van der Waals surface area contributed by atoms with Gasteiger partial charge in [-0.2, -0.15) is 0 Å². The number of hydrogen-bond donors (Lipinski definition) is 19. The van der Waals surface area contributed by atoms with E-state index in [-0.39, 0.29) is 95.7 Å². The van der Waals surface area contributed by atoms with Crippen LogP contribution in [0.2, 0.25) is 0 Å². The lowest BCUT2D eigenvalue weighted by Gasteiger charge is -2.30. The van der Waals surface area contributed by atoms with Gasteiger partial charge in [-0.25, -0.2) is 10.5 Å². The highest BCUT2D eigenvalue weighted by atomic mass is 16.5. The fraction of sp³-hybridized carbons (Fsp3) is 0.673. The Hall–Kier alpha value is -7.36. The molecule has 10 amide bonds. The van der Waals surface area contributed by atoms with Gasteiger partial charge in [0, 0.05) is 31.4 Å². The molecule has 1 aliphatic rings. The fourth-order valence-corrected chi connectivity index (χ4v) is 8.41. The van der Waals surface area contributed by atoms with Crippen LogP contribution in [0.3, 0.4) is 0 Å². The molecular formula is C49H89N21O11.